The van der Waals surface area contributed by atoms with Crippen LogP contribution in [0.2, 0.25) is 0 Å². The standard InChI is InChI=1S/C13H15FO2/c14-12-6-11(9-15)7-13(8-12)16-5-4-10-2-1-3-10/h6-10H,1-5H2. The summed E-state index contributed by atoms with van der Waals surface area (Å²) in [4.78, 5) is 10.5. The highest BCUT2D eigenvalue weighted by molar-refractivity contribution is 5.75. The zero-order valence-corrected chi connectivity index (χ0v) is 9.12. The van der Waals surface area contributed by atoms with Crippen LogP contribution in [0.25, 0.3) is 0 Å². The van der Waals surface area contributed by atoms with Crippen molar-refractivity contribution >= 4 is 6.29 Å². The zero-order valence-electron chi connectivity index (χ0n) is 9.12. The number of ether oxygens (including phenoxy) is 1. The van der Waals surface area contributed by atoms with Crippen LogP contribution in [-0.2, 0) is 0 Å². The fourth-order valence-electron chi connectivity index (χ4n) is 1.86. The van der Waals surface area contributed by atoms with Gasteiger partial charge in [-0.2, -0.15) is 0 Å². The second-order valence-electron chi connectivity index (χ2n) is 4.27. The van der Waals surface area contributed by atoms with Crippen molar-refractivity contribution in [2.45, 2.75) is 25.7 Å². The summed E-state index contributed by atoms with van der Waals surface area (Å²) in [6.07, 6.45) is 5.53. The van der Waals surface area contributed by atoms with Gasteiger partial charge < -0.3 is 4.74 Å². The first kappa shape index (κ1) is 11.1. The number of benzene rings is 1. The molecule has 0 heterocycles. The lowest BCUT2D eigenvalue weighted by Crippen LogP contribution is -2.14. The average Bonchev–Trinajstić information content (AvgIpc) is 2.21. The van der Waals surface area contributed by atoms with Crippen molar-refractivity contribution < 1.29 is 13.9 Å². The minimum atomic E-state index is -0.428. The van der Waals surface area contributed by atoms with Gasteiger partial charge in [0.1, 0.15) is 17.9 Å². The molecule has 1 fully saturated rings. The van der Waals surface area contributed by atoms with Gasteiger partial charge in [-0.25, -0.2) is 4.39 Å². The predicted octanol–water partition coefficient (Wildman–Crippen LogP) is 3.21. The van der Waals surface area contributed by atoms with Crippen molar-refractivity contribution in [1.82, 2.24) is 0 Å². The van der Waals surface area contributed by atoms with Crippen LogP contribution in [-0.4, -0.2) is 12.9 Å². The number of carbonyl (C=O) groups excluding carboxylic acids is 1. The quantitative estimate of drug-likeness (QED) is 0.715. The van der Waals surface area contributed by atoms with E-state index in [0.717, 1.165) is 12.3 Å². The Morgan fingerprint density at radius 2 is 2.19 bits per heavy atom. The van der Waals surface area contributed by atoms with E-state index in [4.69, 9.17) is 4.74 Å². The van der Waals surface area contributed by atoms with E-state index in [1.807, 2.05) is 0 Å². The molecule has 1 aliphatic carbocycles. The third-order valence-corrected chi connectivity index (χ3v) is 3.05. The second kappa shape index (κ2) is 5.10. The molecule has 0 aromatic heterocycles. The SMILES string of the molecule is O=Cc1cc(F)cc(OCCC2CCC2)c1. The molecule has 1 saturated carbocycles. The van der Waals surface area contributed by atoms with Crippen LogP contribution in [0.15, 0.2) is 18.2 Å². The van der Waals surface area contributed by atoms with Crippen molar-refractivity contribution in [3.63, 3.8) is 0 Å². The van der Waals surface area contributed by atoms with Gasteiger partial charge in [0.25, 0.3) is 0 Å². The molecule has 0 atom stereocenters. The van der Waals surface area contributed by atoms with Gasteiger partial charge in [0, 0.05) is 11.6 Å². The molecule has 1 aliphatic rings. The molecule has 0 N–H and O–H groups in total. The topological polar surface area (TPSA) is 26.3 Å². The Balaban J connectivity index is 1.87. The summed E-state index contributed by atoms with van der Waals surface area (Å²) in [5, 5.41) is 0. The molecule has 0 aliphatic heterocycles. The van der Waals surface area contributed by atoms with E-state index in [0.29, 0.717) is 24.2 Å². The Kier molecular flexibility index (Phi) is 3.54. The highest BCUT2D eigenvalue weighted by atomic mass is 19.1. The van der Waals surface area contributed by atoms with Gasteiger partial charge in [0.2, 0.25) is 0 Å². The molecule has 2 rings (SSSR count). The third-order valence-electron chi connectivity index (χ3n) is 3.05. The molecular formula is C13H15FO2. The van der Waals surface area contributed by atoms with E-state index in [2.05, 4.69) is 0 Å². The minimum Gasteiger partial charge on any atom is -0.493 e. The Labute approximate surface area is 94.4 Å². The van der Waals surface area contributed by atoms with Crippen LogP contribution >= 0.6 is 0 Å². The van der Waals surface area contributed by atoms with Crippen molar-refractivity contribution in [2.75, 3.05) is 6.61 Å². The van der Waals surface area contributed by atoms with E-state index >= 15 is 0 Å². The zero-order chi connectivity index (χ0) is 11.4. The number of halogens is 1. The summed E-state index contributed by atoms with van der Waals surface area (Å²) in [7, 11) is 0. The Morgan fingerprint density at radius 1 is 1.38 bits per heavy atom. The first-order valence-electron chi connectivity index (χ1n) is 5.66. The Bertz CT molecular complexity index is 372. The second-order valence-corrected chi connectivity index (χ2v) is 4.27. The van der Waals surface area contributed by atoms with Crippen LogP contribution in [0.1, 0.15) is 36.0 Å². The lowest BCUT2D eigenvalue weighted by Gasteiger charge is -2.24. The summed E-state index contributed by atoms with van der Waals surface area (Å²) in [6.45, 7) is 0.604. The molecule has 0 saturated heterocycles. The van der Waals surface area contributed by atoms with E-state index in [9.17, 15) is 9.18 Å². The van der Waals surface area contributed by atoms with Crippen LogP contribution in [0.3, 0.4) is 0 Å². The van der Waals surface area contributed by atoms with E-state index < -0.39 is 5.82 Å². The van der Waals surface area contributed by atoms with Crippen molar-refractivity contribution in [1.29, 1.82) is 0 Å². The highest BCUT2D eigenvalue weighted by Crippen LogP contribution is 2.29. The number of rotatable bonds is 5. The molecule has 0 radical (unpaired) electrons. The number of hydrogen-bond acceptors (Lipinski definition) is 2. The predicted molar refractivity (Wildman–Crippen MR) is 59.2 cm³/mol. The number of carbonyl (C=O) groups is 1. The first-order chi connectivity index (χ1) is 7.78. The fourth-order valence-corrected chi connectivity index (χ4v) is 1.86. The van der Waals surface area contributed by atoms with Crippen LogP contribution in [0, 0.1) is 11.7 Å². The smallest absolute Gasteiger partial charge is 0.150 e. The first-order valence-corrected chi connectivity index (χ1v) is 5.66. The van der Waals surface area contributed by atoms with Gasteiger partial charge in [0.15, 0.2) is 0 Å². The third kappa shape index (κ3) is 2.81. The van der Waals surface area contributed by atoms with Gasteiger partial charge in [-0.05, 0) is 24.5 Å². The Hall–Kier alpha value is -1.38. The maximum atomic E-state index is 13.0. The van der Waals surface area contributed by atoms with Gasteiger partial charge in [-0.3, -0.25) is 4.79 Å². The van der Waals surface area contributed by atoms with Gasteiger partial charge in [-0.1, -0.05) is 19.3 Å². The summed E-state index contributed by atoms with van der Waals surface area (Å²) < 4.78 is 18.5. The monoisotopic (exact) mass is 222 g/mol. The van der Waals surface area contributed by atoms with Gasteiger partial charge in [0.05, 0.1) is 6.61 Å². The highest BCUT2D eigenvalue weighted by Gasteiger charge is 2.16. The van der Waals surface area contributed by atoms with Crippen LogP contribution in [0.4, 0.5) is 4.39 Å². The molecule has 1 aromatic carbocycles. The van der Waals surface area contributed by atoms with Crippen LogP contribution in [0.5, 0.6) is 5.75 Å². The normalized spacial score (nSPS) is 15.6. The number of aldehydes is 1. The maximum Gasteiger partial charge on any atom is 0.150 e. The van der Waals surface area contributed by atoms with Crippen LogP contribution < -0.4 is 4.74 Å². The van der Waals surface area contributed by atoms with Gasteiger partial charge in [-0.15, -0.1) is 0 Å². The molecular weight excluding hydrogens is 207 g/mol. The molecule has 0 spiro atoms. The van der Waals surface area contributed by atoms with E-state index in [1.165, 1.54) is 31.4 Å². The number of hydrogen-bond donors (Lipinski definition) is 0. The van der Waals surface area contributed by atoms with Crippen molar-refractivity contribution in [3.8, 4) is 5.75 Å². The molecule has 0 amide bonds. The summed E-state index contributed by atoms with van der Waals surface area (Å²) in [5.41, 5.74) is 0.318. The molecule has 86 valence electrons. The van der Waals surface area contributed by atoms with E-state index in [-0.39, 0.29) is 0 Å². The lowest BCUT2D eigenvalue weighted by atomic mass is 9.83. The van der Waals surface area contributed by atoms with Gasteiger partial charge >= 0.3 is 0 Å². The minimum absolute atomic E-state index is 0.318. The Morgan fingerprint density at radius 3 is 2.81 bits per heavy atom. The lowest BCUT2D eigenvalue weighted by molar-refractivity contribution is 0.112. The molecule has 2 nitrogen and oxygen atoms in total. The van der Waals surface area contributed by atoms with Crippen molar-refractivity contribution in [2.24, 2.45) is 5.92 Å². The molecule has 1 aromatic rings. The molecule has 0 bridgehead atoms. The largest absolute Gasteiger partial charge is 0.493 e. The summed E-state index contributed by atoms with van der Waals surface area (Å²) in [5.74, 6) is 0.795. The maximum absolute atomic E-state index is 13.0. The molecule has 3 heteroatoms. The van der Waals surface area contributed by atoms with E-state index in [1.54, 1.807) is 6.07 Å². The molecule has 16 heavy (non-hydrogen) atoms. The summed E-state index contributed by atoms with van der Waals surface area (Å²) >= 11 is 0. The fraction of sp³-hybridized carbons (Fsp3) is 0.462. The molecule has 0 unspecified atom stereocenters. The van der Waals surface area contributed by atoms with Crippen molar-refractivity contribution in [3.05, 3.63) is 29.6 Å². The average molecular weight is 222 g/mol. The summed E-state index contributed by atoms with van der Waals surface area (Å²) in [6, 6.07) is 4.08.